The third-order valence-corrected chi connectivity index (χ3v) is 6.38. The van der Waals surface area contributed by atoms with Gasteiger partial charge in [-0.2, -0.15) is 13.2 Å². The van der Waals surface area contributed by atoms with Crippen LogP contribution in [0.5, 0.6) is 0 Å². The molecule has 1 aromatic heterocycles. The molecule has 0 N–H and O–H groups in total. The van der Waals surface area contributed by atoms with E-state index in [-0.39, 0.29) is 10.8 Å². The molecule has 0 unspecified atom stereocenters. The molecule has 3 rings (SSSR count). The van der Waals surface area contributed by atoms with E-state index >= 15 is 0 Å². The van der Waals surface area contributed by atoms with Crippen molar-refractivity contribution in [2.45, 2.75) is 68.3 Å². The van der Waals surface area contributed by atoms with Crippen molar-refractivity contribution in [1.29, 1.82) is 0 Å². The van der Waals surface area contributed by atoms with Gasteiger partial charge in [0.05, 0.1) is 10.6 Å². The Morgan fingerprint density at radius 1 is 0.962 bits per heavy atom. The van der Waals surface area contributed by atoms with Crippen molar-refractivity contribution in [1.82, 2.24) is 4.98 Å². The van der Waals surface area contributed by atoms with Gasteiger partial charge in [-0.3, -0.25) is 0 Å². The Morgan fingerprint density at radius 3 is 2.19 bits per heavy atom. The first-order valence-corrected chi connectivity index (χ1v) is 9.78. The molecule has 1 aliphatic carbocycles. The van der Waals surface area contributed by atoms with E-state index in [1.165, 1.54) is 40.9 Å². The molecule has 0 radical (unpaired) electrons. The molecule has 0 atom stereocenters. The zero-order chi connectivity index (χ0) is 19.2. The monoisotopic (exact) mass is 379 g/mol. The number of pyridine rings is 1. The second-order valence-corrected chi connectivity index (χ2v) is 9.31. The summed E-state index contributed by atoms with van der Waals surface area (Å²) >= 11 is 1.47. The fourth-order valence-electron chi connectivity index (χ4n) is 3.52. The molecular formula is C21H24F3NS. The predicted molar refractivity (Wildman–Crippen MR) is 101 cm³/mol. The number of rotatable bonds is 3. The number of thioether (sulfide) groups is 1. The second-order valence-electron chi connectivity index (χ2n) is 8.32. The normalized spacial score (nSPS) is 18.4. The Hall–Kier alpha value is -1.49. The summed E-state index contributed by atoms with van der Waals surface area (Å²) in [6, 6.07) is 9.17. The highest BCUT2D eigenvalue weighted by Gasteiger charge is 2.36. The third-order valence-electron chi connectivity index (χ3n) is 5.37. The first-order valence-electron chi connectivity index (χ1n) is 8.79. The lowest BCUT2D eigenvalue weighted by atomic mass is 9.63. The van der Waals surface area contributed by atoms with Crippen molar-refractivity contribution in [3.63, 3.8) is 0 Å². The van der Waals surface area contributed by atoms with Gasteiger partial charge in [-0.05, 0) is 52.5 Å². The number of nitrogens with zero attached hydrogens (tertiary/aromatic N) is 1. The van der Waals surface area contributed by atoms with E-state index < -0.39 is 11.7 Å². The van der Waals surface area contributed by atoms with Gasteiger partial charge in [0.1, 0.15) is 0 Å². The van der Waals surface area contributed by atoms with Crippen molar-refractivity contribution in [2.24, 2.45) is 0 Å². The fourth-order valence-corrected chi connectivity index (χ4v) is 4.30. The molecule has 0 bridgehead atoms. The Bertz CT molecular complexity index is 792. The molecule has 5 heteroatoms. The fraction of sp³-hybridized carbons (Fsp3) is 0.476. The van der Waals surface area contributed by atoms with Gasteiger partial charge < -0.3 is 0 Å². The van der Waals surface area contributed by atoms with Gasteiger partial charge in [0.25, 0.3) is 0 Å². The molecule has 1 nitrogen and oxygen atoms in total. The van der Waals surface area contributed by atoms with Gasteiger partial charge in [-0.15, -0.1) is 11.8 Å². The highest BCUT2D eigenvalue weighted by molar-refractivity contribution is 7.98. The molecule has 0 aliphatic heterocycles. The first kappa shape index (κ1) is 19.3. The van der Waals surface area contributed by atoms with Crippen molar-refractivity contribution in [3.8, 4) is 0 Å². The summed E-state index contributed by atoms with van der Waals surface area (Å²) in [4.78, 5) is 3.94. The van der Waals surface area contributed by atoms with Crippen LogP contribution >= 0.6 is 11.8 Å². The summed E-state index contributed by atoms with van der Waals surface area (Å²) in [5.41, 5.74) is 3.62. The molecule has 1 heterocycles. The van der Waals surface area contributed by atoms with Crippen molar-refractivity contribution >= 4 is 11.8 Å². The maximum atomic E-state index is 12.6. The SMILES string of the molecule is CC1(C)CCC(C)(C)c2cc(CSc3ccc(C(F)(F)F)cn3)ccc21. The summed E-state index contributed by atoms with van der Waals surface area (Å²) in [6.07, 6.45) is -1.10. The highest BCUT2D eigenvalue weighted by Crippen LogP contribution is 2.46. The van der Waals surface area contributed by atoms with Gasteiger partial charge in [0, 0.05) is 11.9 Å². The van der Waals surface area contributed by atoms with Crippen LogP contribution in [0.1, 0.15) is 62.8 Å². The zero-order valence-electron chi connectivity index (χ0n) is 15.6. The van der Waals surface area contributed by atoms with Gasteiger partial charge in [0.15, 0.2) is 0 Å². The number of hydrogen-bond donors (Lipinski definition) is 0. The first-order chi connectivity index (χ1) is 12.0. The topological polar surface area (TPSA) is 12.9 Å². The third kappa shape index (κ3) is 3.93. The summed E-state index contributed by atoms with van der Waals surface area (Å²) < 4.78 is 37.9. The number of halogens is 3. The van der Waals surface area contributed by atoms with E-state index in [9.17, 15) is 13.2 Å². The standard InChI is InChI=1S/C21H24F3NS/c1-19(2)9-10-20(3,4)17-11-14(5-7-16(17)19)13-26-18-8-6-15(12-25-18)21(22,23)24/h5-8,11-12H,9-10,13H2,1-4H3. The lowest BCUT2D eigenvalue weighted by Crippen LogP contribution is -2.33. The average Bonchev–Trinajstić information content (AvgIpc) is 2.57. The van der Waals surface area contributed by atoms with Crippen molar-refractivity contribution < 1.29 is 13.2 Å². The largest absolute Gasteiger partial charge is 0.417 e. The van der Waals surface area contributed by atoms with Crippen molar-refractivity contribution in [2.75, 3.05) is 0 Å². The van der Waals surface area contributed by atoms with Crippen LogP contribution < -0.4 is 0 Å². The van der Waals surface area contributed by atoms with E-state index in [4.69, 9.17) is 0 Å². The average molecular weight is 379 g/mol. The predicted octanol–water partition coefficient (Wildman–Crippen LogP) is 6.74. The zero-order valence-corrected chi connectivity index (χ0v) is 16.4. The number of benzene rings is 1. The van der Waals surface area contributed by atoms with Crippen LogP contribution in [-0.4, -0.2) is 4.98 Å². The van der Waals surface area contributed by atoms with Crippen LogP contribution in [0.2, 0.25) is 0 Å². The van der Waals surface area contributed by atoms with Gasteiger partial charge >= 0.3 is 6.18 Å². The minimum atomic E-state index is -4.34. The van der Waals surface area contributed by atoms with Gasteiger partial charge in [0.2, 0.25) is 0 Å². The summed E-state index contributed by atoms with van der Waals surface area (Å²) in [5, 5.41) is 0.607. The molecule has 1 aliphatic rings. The molecule has 2 aromatic rings. The lowest BCUT2D eigenvalue weighted by Gasteiger charge is -2.42. The number of hydrogen-bond acceptors (Lipinski definition) is 2. The summed E-state index contributed by atoms with van der Waals surface area (Å²) in [6.45, 7) is 9.16. The molecule has 26 heavy (non-hydrogen) atoms. The highest BCUT2D eigenvalue weighted by atomic mass is 32.2. The summed E-state index contributed by atoms with van der Waals surface area (Å²) in [7, 11) is 0. The summed E-state index contributed by atoms with van der Waals surface area (Å²) in [5.74, 6) is 0.697. The van der Waals surface area contributed by atoms with Gasteiger partial charge in [-0.1, -0.05) is 45.9 Å². The van der Waals surface area contributed by atoms with Crippen LogP contribution in [0.4, 0.5) is 13.2 Å². The van der Waals surface area contributed by atoms with E-state index in [0.29, 0.717) is 10.8 Å². The molecule has 0 fully saturated rings. The Kier molecular flexibility index (Phi) is 4.89. The molecule has 0 saturated carbocycles. The lowest BCUT2D eigenvalue weighted by molar-refractivity contribution is -0.137. The minimum Gasteiger partial charge on any atom is -0.249 e. The molecule has 0 spiro atoms. The maximum Gasteiger partial charge on any atom is 0.417 e. The van der Waals surface area contributed by atoms with Crippen LogP contribution in [0, 0.1) is 0 Å². The van der Waals surface area contributed by atoms with E-state index in [1.54, 1.807) is 0 Å². The second kappa shape index (κ2) is 6.59. The van der Waals surface area contributed by atoms with Crippen LogP contribution in [0.15, 0.2) is 41.6 Å². The molecule has 140 valence electrons. The molecule has 1 aromatic carbocycles. The Morgan fingerprint density at radius 2 is 1.62 bits per heavy atom. The maximum absolute atomic E-state index is 12.6. The Balaban J connectivity index is 1.77. The molecular weight excluding hydrogens is 355 g/mol. The minimum absolute atomic E-state index is 0.151. The number of alkyl halides is 3. The van der Waals surface area contributed by atoms with Gasteiger partial charge in [-0.25, -0.2) is 4.98 Å². The quantitative estimate of drug-likeness (QED) is 0.548. The number of aromatic nitrogens is 1. The van der Waals surface area contributed by atoms with Crippen molar-refractivity contribution in [3.05, 3.63) is 58.8 Å². The van der Waals surface area contributed by atoms with Crippen LogP contribution in [0.3, 0.4) is 0 Å². The van der Waals surface area contributed by atoms with Crippen LogP contribution in [-0.2, 0) is 22.8 Å². The number of fused-ring (bicyclic) bond motifs is 1. The van der Waals surface area contributed by atoms with Crippen LogP contribution in [0.25, 0.3) is 0 Å². The van der Waals surface area contributed by atoms with E-state index in [0.717, 1.165) is 18.7 Å². The molecule has 0 saturated heterocycles. The van der Waals surface area contributed by atoms with E-state index in [1.807, 2.05) is 0 Å². The smallest absolute Gasteiger partial charge is 0.249 e. The Labute approximate surface area is 157 Å². The van der Waals surface area contributed by atoms with E-state index in [2.05, 4.69) is 50.9 Å². The molecule has 0 amide bonds.